The lowest BCUT2D eigenvalue weighted by Gasteiger charge is -2.16. The summed E-state index contributed by atoms with van der Waals surface area (Å²) in [4.78, 5) is -0.462. The van der Waals surface area contributed by atoms with Crippen LogP contribution < -0.4 is 0 Å². The van der Waals surface area contributed by atoms with E-state index in [0.717, 1.165) is 6.07 Å². The fourth-order valence-corrected chi connectivity index (χ4v) is 3.61. The predicted octanol–water partition coefficient (Wildman–Crippen LogP) is 7.26. The second kappa shape index (κ2) is 6.49. The maximum atomic E-state index is 12.9. The summed E-state index contributed by atoms with van der Waals surface area (Å²) in [5, 5.41) is 0.857. The van der Waals surface area contributed by atoms with E-state index in [0.29, 0.717) is 21.2 Å². The van der Waals surface area contributed by atoms with E-state index in [9.17, 15) is 13.2 Å². The topological polar surface area (TPSA) is 0 Å². The highest BCUT2D eigenvalue weighted by atomic mass is 79.9. The second-order valence-corrected chi connectivity index (χ2v) is 6.88. The van der Waals surface area contributed by atoms with Gasteiger partial charge in [-0.15, -0.1) is 0 Å². The van der Waals surface area contributed by atoms with Crippen LogP contribution in [0.4, 0.5) is 13.2 Å². The molecule has 0 nitrogen and oxygen atoms in total. The number of alkyl halides is 4. The van der Waals surface area contributed by atoms with Gasteiger partial charge in [0.2, 0.25) is 0 Å². The van der Waals surface area contributed by atoms with E-state index in [1.54, 1.807) is 24.3 Å². The van der Waals surface area contributed by atoms with E-state index in [1.807, 2.05) is 0 Å². The van der Waals surface area contributed by atoms with Gasteiger partial charge in [-0.1, -0.05) is 67.2 Å². The van der Waals surface area contributed by atoms with Crippen LogP contribution in [-0.4, -0.2) is 0 Å². The maximum absolute atomic E-state index is 12.9. The van der Waals surface area contributed by atoms with E-state index >= 15 is 0 Å². The van der Waals surface area contributed by atoms with Crippen molar-refractivity contribution in [2.24, 2.45) is 0 Å². The molecule has 0 aliphatic carbocycles. The summed E-state index contributed by atoms with van der Waals surface area (Å²) in [5.41, 5.74) is 0.376. The van der Waals surface area contributed by atoms with Crippen molar-refractivity contribution in [3.05, 3.63) is 67.6 Å². The summed E-state index contributed by atoms with van der Waals surface area (Å²) < 4.78 is 38.8. The van der Waals surface area contributed by atoms with Crippen LogP contribution in [0.3, 0.4) is 0 Å². The zero-order valence-electron chi connectivity index (χ0n) is 10.2. The maximum Gasteiger partial charge on any atom is 0.417 e. The Morgan fingerprint density at radius 1 is 1.00 bits per heavy atom. The monoisotopic (exact) mass is 460 g/mol. The Labute approximate surface area is 146 Å². The molecule has 0 spiro atoms. The third kappa shape index (κ3) is 3.95. The molecule has 0 radical (unpaired) electrons. The van der Waals surface area contributed by atoms with Crippen molar-refractivity contribution >= 4 is 55.1 Å². The first kappa shape index (κ1) is 17.1. The predicted molar refractivity (Wildman–Crippen MR) is 86.4 cm³/mol. The van der Waals surface area contributed by atoms with Gasteiger partial charge in [-0.25, -0.2) is 0 Å². The Bertz CT molecular complexity index is 672. The van der Waals surface area contributed by atoms with E-state index in [2.05, 4.69) is 31.9 Å². The number of hydrogen-bond acceptors (Lipinski definition) is 0. The van der Waals surface area contributed by atoms with Crippen LogP contribution in [0.15, 0.2) is 40.9 Å². The lowest BCUT2D eigenvalue weighted by molar-refractivity contribution is -0.138. The van der Waals surface area contributed by atoms with Crippen LogP contribution in [0.25, 0.3) is 0 Å². The summed E-state index contributed by atoms with van der Waals surface area (Å²) in [6.45, 7) is 0. The third-order valence-corrected chi connectivity index (χ3v) is 5.10. The SMILES string of the molecule is FC(F)(F)c1cc(C(Br)c2ccc(Cl)cc2Cl)ccc1Br. The van der Waals surface area contributed by atoms with Gasteiger partial charge >= 0.3 is 6.18 Å². The van der Waals surface area contributed by atoms with Crippen LogP contribution in [0, 0.1) is 0 Å². The molecule has 2 aromatic carbocycles. The molecule has 2 aromatic rings. The molecule has 1 unspecified atom stereocenters. The number of halogens is 7. The molecule has 0 fully saturated rings. The molecular weight excluding hydrogens is 456 g/mol. The minimum atomic E-state index is -4.43. The number of hydrogen-bond donors (Lipinski definition) is 0. The molecule has 1 atom stereocenters. The van der Waals surface area contributed by atoms with Gasteiger partial charge in [0, 0.05) is 14.5 Å². The van der Waals surface area contributed by atoms with Crippen molar-refractivity contribution in [2.45, 2.75) is 11.0 Å². The highest BCUT2D eigenvalue weighted by Crippen LogP contribution is 2.41. The van der Waals surface area contributed by atoms with Gasteiger partial charge in [-0.3, -0.25) is 0 Å². The van der Waals surface area contributed by atoms with Gasteiger partial charge in [0.25, 0.3) is 0 Å². The summed E-state index contributed by atoms with van der Waals surface area (Å²) in [5.74, 6) is 0. The average Bonchev–Trinajstić information content (AvgIpc) is 2.37. The van der Waals surface area contributed by atoms with E-state index in [-0.39, 0.29) is 4.47 Å². The summed E-state index contributed by atoms with van der Waals surface area (Å²) >= 11 is 18.2. The normalized spacial score (nSPS) is 13.3. The summed E-state index contributed by atoms with van der Waals surface area (Å²) in [6.07, 6.45) is -4.43. The lowest BCUT2D eigenvalue weighted by atomic mass is 10.0. The van der Waals surface area contributed by atoms with Crippen molar-refractivity contribution in [3.8, 4) is 0 Å². The van der Waals surface area contributed by atoms with Crippen molar-refractivity contribution in [1.29, 1.82) is 0 Å². The van der Waals surface area contributed by atoms with Gasteiger partial charge in [0.05, 0.1) is 10.4 Å². The van der Waals surface area contributed by atoms with Crippen LogP contribution in [0.5, 0.6) is 0 Å². The first-order chi connectivity index (χ1) is 9.70. The Kier molecular flexibility index (Phi) is 5.29. The fraction of sp³-hybridized carbons (Fsp3) is 0.143. The van der Waals surface area contributed by atoms with Crippen molar-refractivity contribution in [3.63, 3.8) is 0 Å². The quantitative estimate of drug-likeness (QED) is 0.412. The standard InChI is InChI=1S/C14H7Br2Cl2F3/c15-11-4-1-7(5-10(11)14(19,20)21)13(16)9-3-2-8(17)6-12(9)18/h1-6,13H. The molecule has 0 saturated heterocycles. The average molecular weight is 463 g/mol. The van der Waals surface area contributed by atoms with Gasteiger partial charge < -0.3 is 0 Å². The van der Waals surface area contributed by atoms with Crippen molar-refractivity contribution < 1.29 is 13.2 Å². The molecule has 7 heteroatoms. The molecule has 0 amide bonds. The highest BCUT2D eigenvalue weighted by Gasteiger charge is 2.33. The Hall–Kier alpha value is -0.230. The molecule has 0 saturated carbocycles. The van der Waals surface area contributed by atoms with Crippen LogP contribution in [0.1, 0.15) is 21.5 Å². The van der Waals surface area contributed by atoms with Crippen LogP contribution in [-0.2, 0) is 6.18 Å². The number of benzene rings is 2. The first-order valence-corrected chi connectivity index (χ1v) is 8.12. The van der Waals surface area contributed by atoms with E-state index < -0.39 is 16.6 Å². The molecule has 0 aliphatic heterocycles. The van der Waals surface area contributed by atoms with Gasteiger partial charge in [-0.2, -0.15) is 13.2 Å². The molecule has 0 aromatic heterocycles. The summed E-state index contributed by atoms with van der Waals surface area (Å²) in [7, 11) is 0. The molecule has 0 bridgehead atoms. The smallest absolute Gasteiger partial charge is 0.166 e. The van der Waals surface area contributed by atoms with Gasteiger partial charge in [0.1, 0.15) is 0 Å². The highest BCUT2D eigenvalue weighted by molar-refractivity contribution is 9.10. The number of rotatable bonds is 2. The minimum Gasteiger partial charge on any atom is -0.166 e. The first-order valence-electron chi connectivity index (χ1n) is 5.66. The Balaban J connectivity index is 2.46. The van der Waals surface area contributed by atoms with Gasteiger partial charge in [0.15, 0.2) is 0 Å². The molecule has 112 valence electrons. The Morgan fingerprint density at radius 2 is 1.67 bits per heavy atom. The van der Waals surface area contributed by atoms with Crippen LogP contribution in [0.2, 0.25) is 10.0 Å². The second-order valence-electron chi connectivity index (χ2n) is 4.27. The van der Waals surface area contributed by atoms with Crippen molar-refractivity contribution in [2.75, 3.05) is 0 Å². The van der Waals surface area contributed by atoms with E-state index in [1.165, 1.54) is 6.07 Å². The lowest BCUT2D eigenvalue weighted by Crippen LogP contribution is -2.07. The molecule has 0 N–H and O–H groups in total. The van der Waals surface area contributed by atoms with E-state index in [4.69, 9.17) is 23.2 Å². The molecule has 2 rings (SSSR count). The molecule has 0 heterocycles. The fourth-order valence-electron chi connectivity index (χ4n) is 1.80. The zero-order chi connectivity index (χ0) is 15.8. The minimum absolute atomic E-state index is 0.000605. The zero-order valence-corrected chi connectivity index (χ0v) is 14.9. The largest absolute Gasteiger partial charge is 0.417 e. The molecule has 0 aliphatic rings. The summed E-state index contributed by atoms with van der Waals surface area (Å²) in [6, 6.07) is 8.94. The Morgan fingerprint density at radius 3 is 2.24 bits per heavy atom. The molecular formula is C14H7Br2Cl2F3. The third-order valence-electron chi connectivity index (χ3n) is 2.82. The van der Waals surface area contributed by atoms with Crippen LogP contribution >= 0.6 is 55.1 Å². The van der Waals surface area contributed by atoms with Crippen molar-refractivity contribution in [1.82, 2.24) is 0 Å². The molecule has 21 heavy (non-hydrogen) atoms. The van der Waals surface area contributed by atoms with Gasteiger partial charge in [-0.05, 0) is 35.4 Å².